The van der Waals surface area contributed by atoms with Crippen LogP contribution in [0, 0.1) is 0 Å². The lowest BCUT2D eigenvalue weighted by molar-refractivity contribution is 0.0696. The molecule has 0 aliphatic rings. The first-order valence-electron chi connectivity index (χ1n) is 9.34. The second-order valence-electron chi connectivity index (χ2n) is 6.94. The number of hydrogen-bond acceptors (Lipinski definition) is 4. The highest BCUT2D eigenvalue weighted by Gasteiger charge is 2.10. The number of rotatable bonds is 6. The molecule has 0 fully saturated rings. The van der Waals surface area contributed by atoms with Crippen LogP contribution in [0.3, 0.4) is 0 Å². The van der Waals surface area contributed by atoms with E-state index < -0.39 is 5.97 Å². The van der Waals surface area contributed by atoms with Gasteiger partial charge in [-0.05, 0) is 58.3 Å². The maximum absolute atomic E-state index is 12.5. The number of carboxylic acid groups (broad SMARTS) is 1. The minimum atomic E-state index is -0.979. The van der Waals surface area contributed by atoms with Crippen LogP contribution in [-0.2, 0) is 13.0 Å². The molecule has 0 bridgehead atoms. The number of fused-ring (bicyclic) bond motifs is 1. The van der Waals surface area contributed by atoms with E-state index in [1.807, 2.05) is 6.07 Å². The van der Waals surface area contributed by atoms with E-state index in [2.05, 4.69) is 15.3 Å². The third-order valence-corrected chi connectivity index (χ3v) is 4.87. The quantitative estimate of drug-likeness (QED) is 0.395. The summed E-state index contributed by atoms with van der Waals surface area (Å²) in [4.78, 5) is 30.5. The first-order valence-corrected chi connectivity index (χ1v) is 9.34. The van der Waals surface area contributed by atoms with Crippen LogP contribution in [0.25, 0.3) is 10.8 Å². The smallest absolute Gasteiger partial charge is 0.335 e. The summed E-state index contributed by atoms with van der Waals surface area (Å²) >= 11 is 0. The number of phenolic OH excluding ortho intramolecular Hbond substituents is 1. The molecule has 0 saturated carbocycles. The minimum Gasteiger partial charge on any atom is -0.508 e. The molecule has 150 valence electrons. The van der Waals surface area contributed by atoms with E-state index in [9.17, 15) is 14.7 Å². The van der Waals surface area contributed by atoms with Crippen LogP contribution in [0.15, 0.2) is 67.0 Å². The van der Waals surface area contributed by atoms with Crippen LogP contribution in [0.5, 0.6) is 5.75 Å². The number of aromatic nitrogens is 2. The Morgan fingerprint density at radius 1 is 0.967 bits per heavy atom. The summed E-state index contributed by atoms with van der Waals surface area (Å²) in [5, 5.41) is 23.9. The van der Waals surface area contributed by atoms with Crippen LogP contribution in [0.4, 0.5) is 0 Å². The van der Waals surface area contributed by atoms with Crippen molar-refractivity contribution in [3.8, 4) is 5.75 Å². The van der Waals surface area contributed by atoms with Gasteiger partial charge in [-0.15, -0.1) is 0 Å². The molecule has 7 heteroatoms. The Bertz CT molecular complexity index is 1220. The van der Waals surface area contributed by atoms with E-state index in [4.69, 9.17) is 5.11 Å². The van der Waals surface area contributed by atoms with Gasteiger partial charge < -0.3 is 20.5 Å². The highest BCUT2D eigenvalue weighted by molar-refractivity contribution is 5.99. The van der Waals surface area contributed by atoms with Gasteiger partial charge in [-0.2, -0.15) is 0 Å². The number of H-pyrrole nitrogens is 1. The molecular formula is C23H19N3O4. The van der Waals surface area contributed by atoms with Crippen molar-refractivity contribution in [2.24, 2.45) is 0 Å². The number of carbonyl (C=O) groups excluding carboxylic acids is 1. The predicted octanol–water partition coefficient (Wildman–Crippen LogP) is 3.49. The van der Waals surface area contributed by atoms with Gasteiger partial charge in [-0.1, -0.05) is 18.2 Å². The lowest BCUT2D eigenvalue weighted by Crippen LogP contribution is -2.23. The van der Waals surface area contributed by atoms with Crippen molar-refractivity contribution >= 4 is 22.6 Å². The van der Waals surface area contributed by atoms with Gasteiger partial charge in [0.25, 0.3) is 5.91 Å². The largest absolute Gasteiger partial charge is 0.508 e. The number of aromatic amines is 1. The molecule has 4 rings (SSSR count). The fourth-order valence-corrected chi connectivity index (χ4v) is 3.26. The molecule has 0 saturated heterocycles. The number of carbonyl (C=O) groups is 2. The molecule has 0 aliphatic carbocycles. The molecular weight excluding hydrogens is 382 g/mol. The summed E-state index contributed by atoms with van der Waals surface area (Å²) in [6, 6.07) is 15.3. The van der Waals surface area contributed by atoms with Crippen molar-refractivity contribution in [3.05, 3.63) is 95.1 Å². The maximum atomic E-state index is 12.5. The Balaban J connectivity index is 1.56. The molecule has 1 amide bonds. The van der Waals surface area contributed by atoms with E-state index >= 15 is 0 Å². The Morgan fingerprint density at radius 2 is 1.73 bits per heavy atom. The Labute approximate surface area is 172 Å². The fourth-order valence-electron chi connectivity index (χ4n) is 3.26. The van der Waals surface area contributed by atoms with Crippen molar-refractivity contribution in [3.63, 3.8) is 0 Å². The zero-order valence-corrected chi connectivity index (χ0v) is 15.9. The van der Waals surface area contributed by atoms with E-state index in [-0.39, 0.29) is 17.2 Å². The SMILES string of the molecule is O=C(O)c1ccc(Cc2cc3cc(C(=O)NCc4ncc[nH]4)ccc3cc2O)cc1. The van der Waals surface area contributed by atoms with Gasteiger partial charge >= 0.3 is 5.97 Å². The van der Waals surface area contributed by atoms with Crippen molar-refractivity contribution in [2.45, 2.75) is 13.0 Å². The van der Waals surface area contributed by atoms with E-state index in [0.717, 1.165) is 16.3 Å². The zero-order chi connectivity index (χ0) is 21.1. The summed E-state index contributed by atoms with van der Waals surface area (Å²) in [7, 11) is 0. The number of phenols is 1. The zero-order valence-electron chi connectivity index (χ0n) is 15.9. The molecule has 0 radical (unpaired) electrons. The monoisotopic (exact) mass is 401 g/mol. The summed E-state index contributed by atoms with van der Waals surface area (Å²) in [5.74, 6) is -0.370. The van der Waals surface area contributed by atoms with Crippen LogP contribution in [0.1, 0.15) is 37.7 Å². The number of nitrogens with zero attached hydrogens (tertiary/aromatic N) is 1. The summed E-state index contributed by atoms with van der Waals surface area (Å²) in [5.41, 5.74) is 2.30. The summed E-state index contributed by atoms with van der Waals surface area (Å²) in [6.45, 7) is 0.303. The van der Waals surface area contributed by atoms with Crippen LogP contribution in [0.2, 0.25) is 0 Å². The summed E-state index contributed by atoms with van der Waals surface area (Å²) < 4.78 is 0. The standard InChI is InChI=1S/C23H19N3O4/c27-20-12-16-5-6-17(22(28)26-13-21-24-7-8-25-21)10-18(16)11-19(20)9-14-1-3-15(4-2-14)23(29)30/h1-8,10-12,27H,9,13H2,(H,24,25)(H,26,28)(H,29,30). The van der Waals surface area contributed by atoms with Crippen LogP contribution >= 0.6 is 0 Å². The van der Waals surface area contributed by atoms with Crippen molar-refractivity contribution < 1.29 is 19.8 Å². The van der Waals surface area contributed by atoms with Gasteiger partial charge in [0.15, 0.2) is 0 Å². The fraction of sp³-hybridized carbons (Fsp3) is 0.0870. The third kappa shape index (κ3) is 4.15. The predicted molar refractivity (Wildman–Crippen MR) is 112 cm³/mol. The normalized spacial score (nSPS) is 10.8. The van der Waals surface area contributed by atoms with Crippen LogP contribution < -0.4 is 5.32 Å². The Morgan fingerprint density at radius 3 is 2.43 bits per heavy atom. The first-order chi connectivity index (χ1) is 14.5. The highest BCUT2D eigenvalue weighted by atomic mass is 16.4. The van der Waals surface area contributed by atoms with Gasteiger partial charge in [0.2, 0.25) is 0 Å². The number of benzene rings is 3. The van der Waals surface area contributed by atoms with E-state index in [1.165, 1.54) is 12.1 Å². The molecule has 3 aromatic carbocycles. The Kier molecular flexibility index (Phi) is 5.17. The average molecular weight is 401 g/mol. The van der Waals surface area contributed by atoms with Crippen LogP contribution in [-0.4, -0.2) is 32.1 Å². The minimum absolute atomic E-state index is 0.153. The molecule has 30 heavy (non-hydrogen) atoms. The van der Waals surface area contributed by atoms with E-state index in [0.29, 0.717) is 29.9 Å². The molecule has 7 nitrogen and oxygen atoms in total. The van der Waals surface area contributed by atoms with Gasteiger partial charge in [-0.25, -0.2) is 9.78 Å². The number of imidazole rings is 1. The molecule has 1 aromatic heterocycles. The number of nitrogens with one attached hydrogen (secondary N) is 2. The first kappa shape index (κ1) is 19.2. The Hall–Kier alpha value is -4.13. The second-order valence-corrected chi connectivity index (χ2v) is 6.94. The molecule has 0 aliphatic heterocycles. The van der Waals surface area contributed by atoms with Crippen molar-refractivity contribution in [2.75, 3.05) is 0 Å². The lowest BCUT2D eigenvalue weighted by atomic mass is 9.98. The molecule has 0 unspecified atom stereocenters. The topological polar surface area (TPSA) is 115 Å². The number of aromatic carboxylic acids is 1. The van der Waals surface area contributed by atoms with Gasteiger partial charge in [0.05, 0.1) is 12.1 Å². The average Bonchev–Trinajstić information content (AvgIpc) is 3.26. The van der Waals surface area contributed by atoms with Gasteiger partial charge in [0, 0.05) is 24.4 Å². The summed E-state index contributed by atoms with van der Waals surface area (Å²) in [6.07, 6.45) is 3.76. The van der Waals surface area contributed by atoms with E-state index in [1.54, 1.807) is 48.8 Å². The number of amides is 1. The molecule has 4 N–H and O–H groups in total. The highest BCUT2D eigenvalue weighted by Crippen LogP contribution is 2.28. The van der Waals surface area contributed by atoms with Gasteiger partial charge in [-0.3, -0.25) is 4.79 Å². The van der Waals surface area contributed by atoms with Crippen molar-refractivity contribution in [1.82, 2.24) is 15.3 Å². The lowest BCUT2D eigenvalue weighted by Gasteiger charge is -2.10. The number of aromatic hydroxyl groups is 1. The molecule has 1 heterocycles. The molecule has 0 spiro atoms. The second kappa shape index (κ2) is 8.08. The maximum Gasteiger partial charge on any atom is 0.335 e. The van der Waals surface area contributed by atoms with Crippen molar-refractivity contribution in [1.29, 1.82) is 0 Å². The third-order valence-electron chi connectivity index (χ3n) is 4.87. The number of carboxylic acids is 1. The molecule has 0 atom stereocenters. The molecule has 4 aromatic rings. The van der Waals surface area contributed by atoms with Gasteiger partial charge in [0.1, 0.15) is 11.6 Å². The number of hydrogen-bond donors (Lipinski definition) is 4.